The smallest absolute Gasteiger partial charge is 0.260 e. The summed E-state index contributed by atoms with van der Waals surface area (Å²) in [7, 11) is 0. The molecular weight excluding hydrogens is 366 g/mol. The molecule has 0 atom stereocenters. The van der Waals surface area contributed by atoms with Crippen molar-refractivity contribution in [3.8, 4) is 5.75 Å². The molecule has 0 aliphatic carbocycles. The Hall–Kier alpha value is -2.57. The van der Waals surface area contributed by atoms with Gasteiger partial charge in [0.2, 0.25) is 0 Å². The Morgan fingerprint density at radius 3 is 2.41 bits per heavy atom. The minimum absolute atomic E-state index is 0.111. The van der Waals surface area contributed by atoms with Gasteiger partial charge in [-0.05, 0) is 23.8 Å². The molecule has 0 aromatic heterocycles. The summed E-state index contributed by atoms with van der Waals surface area (Å²) in [5.41, 5.74) is 6.77. The van der Waals surface area contributed by atoms with Crippen LogP contribution in [0.15, 0.2) is 48.5 Å². The first-order valence-corrected chi connectivity index (χ1v) is 9.17. The number of nitrogens with two attached hydrogens (primary N) is 1. The summed E-state index contributed by atoms with van der Waals surface area (Å²) in [6.07, 6.45) is 0. The van der Waals surface area contributed by atoms with Crippen LogP contribution in [0, 0.1) is 0 Å². The highest BCUT2D eigenvalue weighted by molar-refractivity contribution is 6.31. The predicted octanol–water partition coefficient (Wildman–Crippen LogP) is 2.16. The zero-order valence-electron chi connectivity index (χ0n) is 14.9. The number of carbonyl (C=O) groups excluding carboxylic acids is 2. The molecule has 6 nitrogen and oxygen atoms in total. The molecule has 2 aromatic carbocycles. The molecule has 0 radical (unpaired) electrons. The summed E-state index contributed by atoms with van der Waals surface area (Å²) in [5.74, 6) is -0.489. The maximum absolute atomic E-state index is 12.4. The molecule has 0 bridgehead atoms. The molecule has 1 fully saturated rings. The van der Waals surface area contributed by atoms with Gasteiger partial charge in [0.1, 0.15) is 5.75 Å². The van der Waals surface area contributed by atoms with Crippen LogP contribution < -0.4 is 10.5 Å². The number of hydrogen-bond acceptors (Lipinski definition) is 4. The van der Waals surface area contributed by atoms with E-state index >= 15 is 0 Å². The first-order valence-electron chi connectivity index (χ1n) is 8.79. The van der Waals surface area contributed by atoms with Crippen LogP contribution >= 0.6 is 11.6 Å². The van der Waals surface area contributed by atoms with Crippen LogP contribution in [0.5, 0.6) is 5.75 Å². The Bertz CT molecular complexity index is 805. The number of rotatable bonds is 6. The number of primary amides is 1. The van der Waals surface area contributed by atoms with Crippen molar-refractivity contribution in [1.29, 1.82) is 0 Å². The van der Waals surface area contributed by atoms with E-state index in [0.29, 0.717) is 18.1 Å². The highest BCUT2D eigenvalue weighted by Crippen LogP contribution is 2.22. The van der Waals surface area contributed by atoms with E-state index in [9.17, 15) is 9.59 Å². The van der Waals surface area contributed by atoms with Crippen molar-refractivity contribution in [3.05, 3.63) is 64.7 Å². The molecule has 2 amide bonds. The fraction of sp³-hybridized carbons (Fsp3) is 0.300. The van der Waals surface area contributed by atoms with E-state index in [1.54, 1.807) is 17.0 Å². The molecule has 3 rings (SSSR count). The maximum Gasteiger partial charge on any atom is 0.260 e. The lowest BCUT2D eigenvalue weighted by atomic mass is 10.2. The molecule has 2 N–H and O–H groups in total. The largest absolute Gasteiger partial charge is 0.483 e. The number of piperazine rings is 1. The van der Waals surface area contributed by atoms with Crippen molar-refractivity contribution in [2.75, 3.05) is 32.8 Å². The van der Waals surface area contributed by atoms with Gasteiger partial charge in [0.05, 0.1) is 5.56 Å². The highest BCUT2D eigenvalue weighted by Gasteiger charge is 2.22. The molecule has 7 heteroatoms. The van der Waals surface area contributed by atoms with Gasteiger partial charge in [-0.15, -0.1) is 0 Å². The lowest BCUT2D eigenvalue weighted by Gasteiger charge is -2.34. The average molecular weight is 388 g/mol. The molecule has 0 unspecified atom stereocenters. The zero-order chi connectivity index (χ0) is 19.2. The first-order chi connectivity index (χ1) is 13.0. The molecule has 1 heterocycles. The second kappa shape index (κ2) is 8.88. The standard InChI is InChI=1S/C20H22ClN3O3/c21-16-6-7-18(17(12-16)20(22)26)27-14-19(25)24-10-8-23(9-11-24)13-15-4-2-1-3-5-15/h1-7,12H,8-11,13-14H2,(H2,22,26). The van der Waals surface area contributed by atoms with Gasteiger partial charge in [0, 0.05) is 37.7 Å². The minimum atomic E-state index is -0.644. The molecular formula is C20H22ClN3O3. The number of amides is 2. The maximum atomic E-state index is 12.4. The van der Waals surface area contributed by atoms with Crippen molar-refractivity contribution in [2.24, 2.45) is 5.73 Å². The topological polar surface area (TPSA) is 75.9 Å². The van der Waals surface area contributed by atoms with Crippen molar-refractivity contribution in [1.82, 2.24) is 9.80 Å². The first kappa shape index (κ1) is 19.2. The molecule has 27 heavy (non-hydrogen) atoms. The van der Waals surface area contributed by atoms with E-state index in [-0.39, 0.29) is 23.8 Å². The van der Waals surface area contributed by atoms with E-state index in [2.05, 4.69) is 17.0 Å². The molecule has 1 aliphatic heterocycles. The highest BCUT2D eigenvalue weighted by atomic mass is 35.5. The SMILES string of the molecule is NC(=O)c1cc(Cl)ccc1OCC(=O)N1CCN(Cc2ccccc2)CC1. The van der Waals surface area contributed by atoms with Crippen molar-refractivity contribution < 1.29 is 14.3 Å². The quantitative estimate of drug-likeness (QED) is 0.824. The molecule has 1 saturated heterocycles. The summed E-state index contributed by atoms with van der Waals surface area (Å²) < 4.78 is 5.53. The van der Waals surface area contributed by atoms with Gasteiger partial charge in [-0.3, -0.25) is 14.5 Å². The van der Waals surface area contributed by atoms with Crippen LogP contribution in [0.1, 0.15) is 15.9 Å². The van der Waals surface area contributed by atoms with Crippen molar-refractivity contribution >= 4 is 23.4 Å². The average Bonchev–Trinajstić information content (AvgIpc) is 2.68. The summed E-state index contributed by atoms with van der Waals surface area (Å²) >= 11 is 5.87. The van der Waals surface area contributed by atoms with Gasteiger partial charge >= 0.3 is 0 Å². The van der Waals surface area contributed by atoms with Crippen LogP contribution in [0.4, 0.5) is 0 Å². The number of halogens is 1. The Labute approximate surface area is 163 Å². The van der Waals surface area contributed by atoms with Gasteiger partial charge in [0.15, 0.2) is 6.61 Å². The molecule has 1 aliphatic rings. The Kier molecular flexibility index (Phi) is 6.32. The fourth-order valence-corrected chi connectivity index (χ4v) is 3.22. The third kappa shape index (κ3) is 5.21. The second-order valence-electron chi connectivity index (χ2n) is 6.44. The van der Waals surface area contributed by atoms with E-state index in [4.69, 9.17) is 22.1 Å². The fourth-order valence-electron chi connectivity index (χ4n) is 3.05. The lowest BCUT2D eigenvalue weighted by Crippen LogP contribution is -2.49. The van der Waals surface area contributed by atoms with Crippen LogP contribution in [-0.2, 0) is 11.3 Å². The third-order valence-electron chi connectivity index (χ3n) is 4.53. The summed E-state index contributed by atoms with van der Waals surface area (Å²) in [6.45, 7) is 3.67. The zero-order valence-corrected chi connectivity index (χ0v) is 15.7. The van der Waals surface area contributed by atoms with Gasteiger partial charge in [-0.1, -0.05) is 41.9 Å². The number of hydrogen-bond donors (Lipinski definition) is 1. The molecule has 2 aromatic rings. The van der Waals surface area contributed by atoms with Gasteiger partial charge in [0.25, 0.3) is 11.8 Å². The molecule has 0 spiro atoms. The summed E-state index contributed by atoms with van der Waals surface area (Å²) in [5, 5.41) is 0.386. The molecule has 0 saturated carbocycles. The summed E-state index contributed by atoms with van der Waals surface area (Å²) in [4.78, 5) is 28.0. The van der Waals surface area contributed by atoms with Gasteiger partial charge in [-0.2, -0.15) is 0 Å². The lowest BCUT2D eigenvalue weighted by molar-refractivity contribution is -0.135. The number of benzene rings is 2. The second-order valence-corrected chi connectivity index (χ2v) is 6.87. The Morgan fingerprint density at radius 2 is 1.74 bits per heavy atom. The van der Waals surface area contributed by atoms with Gasteiger partial charge in [-0.25, -0.2) is 0 Å². The van der Waals surface area contributed by atoms with E-state index < -0.39 is 5.91 Å². The Morgan fingerprint density at radius 1 is 1.04 bits per heavy atom. The van der Waals surface area contributed by atoms with Crippen LogP contribution in [0.2, 0.25) is 5.02 Å². The van der Waals surface area contributed by atoms with E-state index in [0.717, 1.165) is 19.6 Å². The third-order valence-corrected chi connectivity index (χ3v) is 4.77. The number of ether oxygens (including phenoxy) is 1. The van der Waals surface area contributed by atoms with E-state index in [1.807, 2.05) is 18.2 Å². The van der Waals surface area contributed by atoms with Crippen LogP contribution in [-0.4, -0.2) is 54.4 Å². The van der Waals surface area contributed by atoms with E-state index in [1.165, 1.54) is 11.6 Å². The normalized spacial score (nSPS) is 14.8. The Balaban J connectivity index is 1.49. The monoisotopic (exact) mass is 387 g/mol. The van der Waals surface area contributed by atoms with Crippen LogP contribution in [0.25, 0.3) is 0 Å². The van der Waals surface area contributed by atoms with Crippen LogP contribution in [0.3, 0.4) is 0 Å². The van der Waals surface area contributed by atoms with Crippen molar-refractivity contribution in [2.45, 2.75) is 6.54 Å². The summed E-state index contributed by atoms with van der Waals surface area (Å²) in [6, 6.07) is 14.9. The predicted molar refractivity (Wildman–Crippen MR) is 104 cm³/mol. The number of carbonyl (C=O) groups is 2. The minimum Gasteiger partial charge on any atom is -0.483 e. The number of nitrogens with zero attached hydrogens (tertiary/aromatic N) is 2. The molecule has 142 valence electrons. The van der Waals surface area contributed by atoms with Gasteiger partial charge < -0.3 is 15.4 Å². The van der Waals surface area contributed by atoms with Crippen molar-refractivity contribution in [3.63, 3.8) is 0 Å².